The zero-order valence-electron chi connectivity index (χ0n) is 13.2. The molecule has 0 unspecified atom stereocenters. The number of nitrogens with zero attached hydrogens (tertiary/aromatic N) is 2. The van der Waals surface area contributed by atoms with Gasteiger partial charge < -0.3 is 9.74 Å². The van der Waals surface area contributed by atoms with Crippen molar-refractivity contribution in [3.63, 3.8) is 0 Å². The van der Waals surface area contributed by atoms with E-state index in [4.69, 9.17) is 4.84 Å². The number of hydrogen-bond donors (Lipinski definition) is 0. The Morgan fingerprint density at radius 3 is 2.68 bits per heavy atom. The number of oxime groups is 1. The third kappa shape index (κ3) is 2.62. The van der Waals surface area contributed by atoms with E-state index in [1.807, 2.05) is 6.21 Å². The summed E-state index contributed by atoms with van der Waals surface area (Å²) in [6.07, 6.45) is 7.25. The molecule has 0 radical (unpaired) electrons. The fraction of sp³-hybridized carbons (Fsp3) is 0.211. The van der Waals surface area contributed by atoms with E-state index in [2.05, 4.69) is 72.7 Å². The van der Waals surface area contributed by atoms with Crippen molar-refractivity contribution in [3.05, 3.63) is 65.4 Å². The minimum absolute atomic E-state index is 0.944. The van der Waals surface area contributed by atoms with Gasteiger partial charge in [-0.15, -0.1) is 0 Å². The van der Waals surface area contributed by atoms with Gasteiger partial charge in [0.05, 0.1) is 6.21 Å². The molecule has 0 heterocycles. The van der Waals surface area contributed by atoms with Crippen LogP contribution in [-0.2, 0) is 4.84 Å². The van der Waals surface area contributed by atoms with Crippen molar-refractivity contribution in [3.8, 4) is 0 Å². The number of fused-ring (bicyclic) bond motifs is 1. The molecule has 22 heavy (non-hydrogen) atoms. The molecule has 0 amide bonds. The Morgan fingerprint density at radius 1 is 1.14 bits per heavy atom. The van der Waals surface area contributed by atoms with Gasteiger partial charge in [-0.2, -0.15) is 0 Å². The van der Waals surface area contributed by atoms with Crippen molar-refractivity contribution >= 4 is 22.6 Å². The van der Waals surface area contributed by atoms with E-state index >= 15 is 0 Å². The Kier molecular flexibility index (Phi) is 3.96. The minimum Gasteiger partial charge on any atom is -0.399 e. The van der Waals surface area contributed by atoms with Crippen molar-refractivity contribution < 1.29 is 4.84 Å². The summed E-state index contributed by atoms with van der Waals surface area (Å²) in [7, 11) is 5.71. The number of rotatable bonds is 4. The Balaban J connectivity index is 2.14. The van der Waals surface area contributed by atoms with E-state index in [1.54, 1.807) is 7.11 Å². The van der Waals surface area contributed by atoms with Gasteiger partial charge in [0, 0.05) is 25.4 Å². The van der Waals surface area contributed by atoms with Crippen LogP contribution in [-0.4, -0.2) is 32.3 Å². The molecule has 0 bridgehead atoms. The molecule has 3 heteroatoms. The summed E-state index contributed by atoms with van der Waals surface area (Å²) in [6.45, 7) is 0. The molecule has 2 aromatic carbocycles. The van der Waals surface area contributed by atoms with E-state index in [-0.39, 0.29) is 0 Å². The average Bonchev–Trinajstić information content (AvgIpc) is 3.02. The zero-order valence-corrected chi connectivity index (χ0v) is 13.2. The first-order valence-electron chi connectivity index (χ1n) is 7.37. The van der Waals surface area contributed by atoms with E-state index in [0.717, 1.165) is 12.0 Å². The van der Waals surface area contributed by atoms with Crippen LogP contribution >= 0.6 is 0 Å². The lowest BCUT2D eigenvalue weighted by Crippen LogP contribution is -2.07. The van der Waals surface area contributed by atoms with Gasteiger partial charge in [0.2, 0.25) is 0 Å². The molecule has 3 nitrogen and oxygen atoms in total. The smallest absolute Gasteiger partial charge is 0.106 e. The topological polar surface area (TPSA) is 24.8 Å². The molecule has 0 aliphatic heterocycles. The Morgan fingerprint density at radius 2 is 1.95 bits per heavy atom. The molecule has 112 valence electrons. The van der Waals surface area contributed by atoms with Crippen molar-refractivity contribution in [1.29, 1.82) is 0 Å². The highest BCUT2D eigenvalue weighted by Gasteiger charge is 2.14. The van der Waals surface area contributed by atoms with Gasteiger partial charge in [-0.1, -0.05) is 47.6 Å². The molecular formula is C19H20N2O. The predicted molar refractivity (Wildman–Crippen MR) is 92.9 cm³/mol. The molecule has 0 atom stereocenters. The van der Waals surface area contributed by atoms with Crippen LogP contribution in [0.15, 0.2) is 59.4 Å². The SMILES string of the molecule is CON=Cc1c(C2=CC(N(C)C)=CC2)ccc2ccccc12. The quantitative estimate of drug-likeness (QED) is 0.627. The highest BCUT2D eigenvalue weighted by Crippen LogP contribution is 2.32. The molecule has 2 aromatic rings. The summed E-state index contributed by atoms with van der Waals surface area (Å²) < 4.78 is 0. The van der Waals surface area contributed by atoms with Crippen LogP contribution in [0.25, 0.3) is 16.3 Å². The first kappa shape index (κ1) is 14.4. The monoisotopic (exact) mass is 292 g/mol. The summed E-state index contributed by atoms with van der Waals surface area (Å²) in [6, 6.07) is 12.7. The number of hydrogen-bond acceptors (Lipinski definition) is 3. The zero-order chi connectivity index (χ0) is 15.5. The maximum absolute atomic E-state index is 4.90. The lowest BCUT2D eigenvalue weighted by Gasteiger charge is -2.12. The van der Waals surface area contributed by atoms with Crippen molar-refractivity contribution in [1.82, 2.24) is 4.90 Å². The van der Waals surface area contributed by atoms with Gasteiger partial charge in [-0.25, -0.2) is 0 Å². The lowest BCUT2D eigenvalue weighted by atomic mass is 9.94. The molecule has 1 aliphatic rings. The molecule has 0 spiro atoms. The van der Waals surface area contributed by atoms with Crippen molar-refractivity contribution in [2.24, 2.45) is 5.16 Å². The second-order valence-corrected chi connectivity index (χ2v) is 5.56. The van der Waals surface area contributed by atoms with E-state index in [1.165, 1.54) is 27.6 Å². The molecular weight excluding hydrogens is 272 g/mol. The van der Waals surface area contributed by atoms with Gasteiger partial charge in [0.15, 0.2) is 0 Å². The van der Waals surface area contributed by atoms with Crippen LogP contribution in [0.4, 0.5) is 0 Å². The summed E-state index contributed by atoms with van der Waals surface area (Å²) in [5.41, 5.74) is 4.89. The van der Waals surface area contributed by atoms with Crippen molar-refractivity contribution in [2.45, 2.75) is 6.42 Å². The molecule has 0 fully saturated rings. The van der Waals surface area contributed by atoms with Gasteiger partial charge in [-0.3, -0.25) is 0 Å². The maximum atomic E-state index is 4.90. The molecule has 0 saturated carbocycles. The van der Waals surface area contributed by atoms with Gasteiger partial charge in [0.25, 0.3) is 0 Å². The molecule has 0 aromatic heterocycles. The van der Waals surface area contributed by atoms with Gasteiger partial charge >= 0.3 is 0 Å². The van der Waals surface area contributed by atoms with E-state index in [9.17, 15) is 0 Å². The van der Waals surface area contributed by atoms with Crippen LogP contribution in [0.3, 0.4) is 0 Å². The third-order valence-corrected chi connectivity index (χ3v) is 3.97. The van der Waals surface area contributed by atoms with Crippen LogP contribution in [0, 0.1) is 0 Å². The highest BCUT2D eigenvalue weighted by atomic mass is 16.6. The van der Waals surface area contributed by atoms with Crippen LogP contribution < -0.4 is 0 Å². The number of benzene rings is 2. The number of likely N-dealkylation sites (N-methyl/N-ethyl adjacent to an activating group) is 1. The van der Waals surface area contributed by atoms with Crippen LogP contribution in [0.1, 0.15) is 17.5 Å². The minimum atomic E-state index is 0.944. The fourth-order valence-electron chi connectivity index (χ4n) is 2.83. The highest BCUT2D eigenvalue weighted by molar-refractivity contribution is 6.04. The average molecular weight is 292 g/mol. The standard InChI is InChI=1S/C19H20N2O/c1-21(2)16-10-8-15(12-16)18-11-9-14-6-4-5-7-17(14)19(18)13-20-22-3/h4-7,9-13H,8H2,1-3H3. The van der Waals surface area contributed by atoms with Crippen LogP contribution in [0.5, 0.6) is 0 Å². The largest absolute Gasteiger partial charge is 0.399 e. The fourth-order valence-corrected chi connectivity index (χ4v) is 2.83. The molecule has 0 saturated heterocycles. The van der Waals surface area contributed by atoms with Crippen LogP contribution in [0.2, 0.25) is 0 Å². The van der Waals surface area contributed by atoms with E-state index < -0.39 is 0 Å². The maximum Gasteiger partial charge on any atom is 0.106 e. The first-order chi connectivity index (χ1) is 10.7. The summed E-state index contributed by atoms with van der Waals surface area (Å²) in [5, 5.41) is 6.40. The molecule has 1 aliphatic carbocycles. The summed E-state index contributed by atoms with van der Waals surface area (Å²) in [4.78, 5) is 7.04. The van der Waals surface area contributed by atoms with Crippen molar-refractivity contribution in [2.75, 3.05) is 21.2 Å². The Hall–Kier alpha value is -2.55. The Bertz CT molecular complexity index is 785. The van der Waals surface area contributed by atoms with E-state index in [0.29, 0.717) is 0 Å². The van der Waals surface area contributed by atoms with Gasteiger partial charge in [-0.05, 0) is 34.4 Å². The lowest BCUT2D eigenvalue weighted by molar-refractivity contribution is 0.215. The van der Waals surface area contributed by atoms with Gasteiger partial charge in [0.1, 0.15) is 7.11 Å². The summed E-state index contributed by atoms with van der Waals surface area (Å²) in [5.74, 6) is 0. The molecule has 3 rings (SSSR count). The normalized spacial score (nSPS) is 14.3. The summed E-state index contributed by atoms with van der Waals surface area (Å²) >= 11 is 0. The third-order valence-electron chi connectivity index (χ3n) is 3.97. The predicted octanol–water partition coefficient (Wildman–Crippen LogP) is 4.05. The second-order valence-electron chi connectivity index (χ2n) is 5.56. The molecule has 0 N–H and O–H groups in total. The number of allylic oxidation sites excluding steroid dienone is 3. The second kappa shape index (κ2) is 6.06. The first-order valence-corrected chi connectivity index (χ1v) is 7.37. The Labute approximate surface area is 131 Å².